The summed E-state index contributed by atoms with van der Waals surface area (Å²) in [6.45, 7) is 2.82. The molecule has 1 aliphatic heterocycles. The fourth-order valence-electron chi connectivity index (χ4n) is 2.86. The summed E-state index contributed by atoms with van der Waals surface area (Å²) in [5.41, 5.74) is -1.03. The lowest BCUT2D eigenvalue weighted by molar-refractivity contribution is 0.0240. The van der Waals surface area contributed by atoms with E-state index in [1.165, 1.54) is 17.9 Å². The molecule has 1 saturated heterocycles. The lowest BCUT2D eigenvalue weighted by Gasteiger charge is -2.37. The molecule has 5 nitrogen and oxygen atoms in total. The molecule has 1 heterocycles. The second-order valence-corrected chi connectivity index (χ2v) is 7.40. The maximum Gasteiger partial charge on any atom is 0.509 e. The van der Waals surface area contributed by atoms with E-state index in [4.69, 9.17) is 4.74 Å². The molecule has 0 N–H and O–H groups in total. The van der Waals surface area contributed by atoms with Gasteiger partial charge in [-0.1, -0.05) is 11.6 Å². The normalized spacial score (nSPS) is 15.8. The maximum atomic E-state index is 13.3. The largest absolute Gasteiger partial charge is 0.509 e. The third kappa shape index (κ3) is 4.71. The van der Waals surface area contributed by atoms with Gasteiger partial charge in [0.05, 0.1) is 0 Å². The van der Waals surface area contributed by atoms with Crippen molar-refractivity contribution in [2.24, 2.45) is 0 Å². The number of carbonyl (C=O) groups is 2. The van der Waals surface area contributed by atoms with Crippen molar-refractivity contribution >= 4 is 30.5 Å². The molecule has 0 aliphatic carbocycles. The molecule has 0 unspecified atom stereocenters. The smallest absolute Gasteiger partial charge is 0.445 e. The summed E-state index contributed by atoms with van der Waals surface area (Å²) in [7, 11) is 0. The minimum absolute atomic E-state index is 0.0336. The van der Waals surface area contributed by atoms with E-state index in [1.807, 2.05) is 0 Å². The lowest BCUT2D eigenvalue weighted by Crippen LogP contribution is -2.50. The van der Waals surface area contributed by atoms with Gasteiger partial charge in [-0.15, -0.1) is 5.46 Å². The first-order chi connectivity index (χ1) is 11.9. The van der Waals surface area contributed by atoms with Crippen molar-refractivity contribution in [2.75, 3.05) is 31.1 Å². The first-order valence-corrected chi connectivity index (χ1v) is 8.45. The van der Waals surface area contributed by atoms with Gasteiger partial charge in [0, 0.05) is 37.4 Å². The van der Waals surface area contributed by atoms with E-state index in [0.717, 1.165) is 6.07 Å². The zero-order valence-electron chi connectivity index (χ0n) is 15.4. The number of carbonyl (C=O) groups excluding carboxylic acids is 2. The Labute approximate surface area is 151 Å². The van der Waals surface area contributed by atoms with Gasteiger partial charge >= 0.3 is 13.1 Å². The van der Waals surface area contributed by atoms with E-state index >= 15 is 0 Å². The maximum absolute atomic E-state index is 13.3. The Hall–Kier alpha value is -2.19. The molecule has 1 amide bonds. The molecule has 0 bridgehead atoms. The monoisotopic (exact) mass is 371 g/mol. The van der Waals surface area contributed by atoms with Gasteiger partial charge in [-0.25, -0.2) is 4.79 Å². The van der Waals surface area contributed by atoms with Crippen LogP contribution in [0.15, 0.2) is 12.1 Å². The minimum Gasteiger partial charge on any atom is -0.445 e. The summed E-state index contributed by atoms with van der Waals surface area (Å²) in [6, 6.07) is 2.56. The Morgan fingerprint density at radius 3 is 2.19 bits per heavy atom. The standard InChI is InChI=1S/C17H23BF3N2O3/c1-12-13(11-24)9-14(10-15(12)18(19,20)21)22-5-7-23(8-6-22)16(25)26-17(2,3)4/h9-11H,5-8H2,1-4H3/q-1. The van der Waals surface area contributed by atoms with Gasteiger partial charge in [-0.2, -0.15) is 0 Å². The third-order valence-electron chi connectivity index (χ3n) is 4.25. The molecule has 0 atom stereocenters. The second kappa shape index (κ2) is 7.21. The number of aldehydes is 1. The predicted molar refractivity (Wildman–Crippen MR) is 95.3 cm³/mol. The topological polar surface area (TPSA) is 49.9 Å². The first kappa shape index (κ1) is 20.1. The number of hydrogen-bond donors (Lipinski definition) is 0. The fraction of sp³-hybridized carbons (Fsp3) is 0.529. The molecule has 144 valence electrons. The summed E-state index contributed by atoms with van der Waals surface area (Å²) in [5.74, 6) is 0. The zero-order chi connectivity index (χ0) is 19.7. The highest BCUT2D eigenvalue weighted by molar-refractivity contribution is 6.74. The van der Waals surface area contributed by atoms with Crippen molar-refractivity contribution in [3.63, 3.8) is 0 Å². The van der Waals surface area contributed by atoms with E-state index in [9.17, 15) is 22.5 Å². The molecule has 1 fully saturated rings. The zero-order valence-corrected chi connectivity index (χ0v) is 15.4. The highest BCUT2D eigenvalue weighted by Gasteiger charge is 2.31. The van der Waals surface area contributed by atoms with Crippen LogP contribution in [0.2, 0.25) is 0 Å². The van der Waals surface area contributed by atoms with Crippen LogP contribution in [0.1, 0.15) is 36.7 Å². The fourth-order valence-corrected chi connectivity index (χ4v) is 2.86. The van der Waals surface area contributed by atoms with Crippen molar-refractivity contribution in [2.45, 2.75) is 33.3 Å². The van der Waals surface area contributed by atoms with E-state index < -0.39 is 24.1 Å². The van der Waals surface area contributed by atoms with Crippen LogP contribution in [0, 0.1) is 6.92 Å². The average Bonchev–Trinajstić information content (AvgIpc) is 2.52. The Balaban J connectivity index is 2.17. The number of piperazine rings is 1. The first-order valence-electron chi connectivity index (χ1n) is 8.45. The van der Waals surface area contributed by atoms with Gasteiger partial charge < -0.3 is 27.5 Å². The SMILES string of the molecule is Cc1c(C=O)cc(N2CCN(C(=O)OC(C)(C)C)CC2)cc1[B-](F)(F)F. The number of hydrogen-bond acceptors (Lipinski definition) is 4. The molecule has 1 aliphatic rings. The number of benzene rings is 1. The summed E-state index contributed by atoms with van der Waals surface area (Å²) in [4.78, 5) is 26.5. The molecule has 2 rings (SSSR count). The molecule has 0 spiro atoms. The molecule has 26 heavy (non-hydrogen) atoms. The van der Waals surface area contributed by atoms with Crippen LogP contribution in [0.5, 0.6) is 0 Å². The van der Waals surface area contributed by atoms with Crippen LogP contribution >= 0.6 is 0 Å². The van der Waals surface area contributed by atoms with Gasteiger partial charge in [0.25, 0.3) is 0 Å². The Morgan fingerprint density at radius 1 is 1.15 bits per heavy atom. The van der Waals surface area contributed by atoms with Gasteiger partial charge in [-0.05, 0) is 33.8 Å². The molecule has 0 aromatic heterocycles. The van der Waals surface area contributed by atoms with Gasteiger partial charge in [0.2, 0.25) is 0 Å². The lowest BCUT2D eigenvalue weighted by atomic mass is 9.75. The van der Waals surface area contributed by atoms with Crippen LogP contribution in [0.25, 0.3) is 0 Å². The molecular formula is C17H23BF3N2O3-. The van der Waals surface area contributed by atoms with Crippen molar-refractivity contribution in [1.82, 2.24) is 4.90 Å². The van der Waals surface area contributed by atoms with Crippen LogP contribution < -0.4 is 10.4 Å². The van der Waals surface area contributed by atoms with Crippen LogP contribution in [0.4, 0.5) is 23.4 Å². The summed E-state index contributed by atoms with van der Waals surface area (Å²) < 4.78 is 45.2. The van der Waals surface area contributed by atoms with Crippen molar-refractivity contribution in [3.8, 4) is 0 Å². The number of nitrogens with zero attached hydrogens (tertiary/aromatic N) is 2. The Bertz CT molecular complexity index is 694. The van der Waals surface area contributed by atoms with Crippen molar-refractivity contribution < 1.29 is 27.3 Å². The van der Waals surface area contributed by atoms with Crippen LogP contribution in [-0.4, -0.2) is 56.0 Å². The third-order valence-corrected chi connectivity index (χ3v) is 4.25. The molecule has 0 saturated carbocycles. The minimum atomic E-state index is -5.21. The second-order valence-electron chi connectivity index (χ2n) is 7.40. The molecule has 0 radical (unpaired) electrons. The quantitative estimate of drug-likeness (QED) is 0.606. The van der Waals surface area contributed by atoms with E-state index in [2.05, 4.69) is 0 Å². The van der Waals surface area contributed by atoms with Crippen LogP contribution in [0.3, 0.4) is 0 Å². The van der Waals surface area contributed by atoms with Gasteiger partial charge in [0.1, 0.15) is 11.9 Å². The number of ether oxygens (including phenoxy) is 1. The number of rotatable bonds is 3. The van der Waals surface area contributed by atoms with Crippen molar-refractivity contribution in [1.29, 1.82) is 0 Å². The van der Waals surface area contributed by atoms with E-state index in [0.29, 0.717) is 38.2 Å². The predicted octanol–water partition coefficient (Wildman–Crippen LogP) is 2.92. The van der Waals surface area contributed by atoms with Gasteiger partial charge in [-0.3, -0.25) is 4.79 Å². The van der Waals surface area contributed by atoms with Crippen molar-refractivity contribution in [3.05, 3.63) is 23.3 Å². The molecule has 9 heteroatoms. The average molecular weight is 371 g/mol. The van der Waals surface area contributed by atoms with E-state index in [-0.39, 0.29) is 11.1 Å². The number of amides is 1. The highest BCUT2D eigenvalue weighted by atomic mass is 19.4. The number of halogens is 3. The summed E-state index contributed by atoms with van der Waals surface area (Å²) in [6.07, 6.45) is 0.00938. The van der Waals surface area contributed by atoms with Gasteiger partial charge in [0.15, 0.2) is 0 Å². The highest BCUT2D eigenvalue weighted by Crippen LogP contribution is 2.23. The van der Waals surface area contributed by atoms with Crippen LogP contribution in [-0.2, 0) is 4.74 Å². The summed E-state index contributed by atoms with van der Waals surface area (Å²) >= 11 is 0. The Morgan fingerprint density at radius 2 is 1.73 bits per heavy atom. The summed E-state index contributed by atoms with van der Waals surface area (Å²) in [5, 5.41) is 0. The molecule has 1 aromatic rings. The molecular weight excluding hydrogens is 348 g/mol. The van der Waals surface area contributed by atoms with E-state index in [1.54, 1.807) is 25.7 Å². The Kier molecular flexibility index (Phi) is 5.58. The number of anilines is 1. The molecule has 1 aromatic carbocycles.